The van der Waals surface area contributed by atoms with E-state index in [-0.39, 0.29) is 29.8 Å². The van der Waals surface area contributed by atoms with Crippen LogP contribution in [-0.4, -0.2) is 51.6 Å². The number of nitrogens with zero attached hydrogens (tertiary/aromatic N) is 3. The number of aryl methyl sites for hydroxylation is 1. The highest BCUT2D eigenvalue weighted by Crippen LogP contribution is 2.44. The second-order valence-corrected chi connectivity index (χ2v) is 9.36. The lowest BCUT2D eigenvalue weighted by atomic mass is 9.75. The van der Waals surface area contributed by atoms with Crippen molar-refractivity contribution >= 4 is 11.8 Å². The molecule has 0 unspecified atom stereocenters. The molecular weight excluding hydrogens is 434 g/mol. The molecule has 1 N–H and O–H groups in total. The van der Waals surface area contributed by atoms with Crippen LogP contribution in [0.2, 0.25) is 0 Å². The van der Waals surface area contributed by atoms with E-state index in [0.717, 1.165) is 32.1 Å². The highest BCUT2D eigenvalue weighted by Gasteiger charge is 2.40. The lowest BCUT2D eigenvalue weighted by molar-refractivity contribution is 0.0625. The first-order valence-corrected chi connectivity index (χ1v) is 11.8. The van der Waals surface area contributed by atoms with E-state index in [0.29, 0.717) is 12.2 Å². The van der Waals surface area contributed by atoms with Gasteiger partial charge in [0.2, 0.25) is 5.75 Å². The summed E-state index contributed by atoms with van der Waals surface area (Å²) in [6.07, 6.45) is 5.69. The number of benzene rings is 1. The van der Waals surface area contributed by atoms with Gasteiger partial charge in [0, 0.05) is 31.8 Å². The Labute approximate surface area is 198 Å². The predicted octanol–water partition coefficient (Wildman–Crippen LogP) is 2.77. The van der Waals surface area contributed by atoms with Crippen molar-refractivity contribution in [2.75, 3.05) is 14.2 Å². The zero-order chi connectivity index (χ0) is 24.5. The van der Waals surface area contributed by atoms with Crippen LogP contribution in [0.1, 0.15) is 66.5 Å². The molecule has 0 spiro atoms. The zero-order valence-corrected chi connectivity index (χ0v) is 20.0. The van der Waals surface area contributed by atoms with Gasteiger partial charge in [0.05, 0.1) is 13.2 Å². The molecule has 1 aliphatic heterocycles. The maximum Gasteiger partial charge on any atom is 0.315 e. The molecule has 1 aromatic carbocycles. The maximum atomic E-state index is 13.2. The first kappa shape index (κ1) is 23.8. The number of methoxy groups -OCH3 is 1. The van der Waals surface area contributed by atoms with Gasteiger partial charge in [-0.25, -0.2) is 4.79 Å². The Bertz CT molecular complexity index is 1210. The molecule has 1 fully saturated rings. The number of rotatable bonds is 7. The summed E-state index contributed by atoms with van der Waals surface area (Å²) < 4.78 is 6.75. The number of ether oxygens (including phenoxy) is 1. The van der Waals surface area contributed by atoms with Crippen molar-refractivity contribution in [3.8, 4) is 5.75 Å². The summed E-state index contributed by atoms with van der Waals surface area (Å²) in [6.45, 7) is 2.41. The van der Waals surface area contributed by atoms with Crippen LogP contribution in [0.25, 0.3) is 0 Å². The molecule has 1 aromatic heterocycles. The predicted molar refractivity (Wildman–Crippen MR) is 127 cm³/mol. The van der Waals surface area contributed by atoms with Gasteiger partial charge in [-0.2, -0.15) is 4.98 Å². The normalized spacial score (nSPS) is 19.0. The molecule has 2 aliphatic rings. The third-order valence-electron chi connectivity index (χ3n) is 7.49. The zero-order valence-electron chi connectivity index (χ0n) is 20.0. The van der Waals surface area contributed by atoms with Crippen LogP contribution in [-0.2, 0) is 34.3 Å². The number of amides is 1. The van der Waals surface area contributed by atoms with E-state index < -0.39 is 23.3 Å². The van der Waals surface area contributed by atoms with Gasteiger partial charge in [-0.1, -0.05) is 44.0 Å². The summed E-state index contributed by atoms with van der Waals surface area (Å²) in [6, 6.07) is 8.17. The largest absolute Gasteiger partial charge is 0.501 e. The number of aromatic hydroxyl groups is 1. The SMILES string of the molecule is CCc1cccc(C2(Cc3nc(=O)c(O)c4n3C[C@H](CC(=C=O)OC)N(C)C4=O)CCCC2)c1. The van der Waals surface area contributed by atoms with E-state index in [4.69, 9.17) is 4.74 Å². The Kier molecular flexibility index (Phi) is 6.62. The maximum absolute atomic E-state index is 13.2. The average Bonchev–Trinajstić information content (AvgIpc) is 3.33. The molecule has 0 saturated heterocycles. The molecule has 1 amide bonds. The van der Waals surface area contributed by atoms with Crippen molar-refractivity contribution in [1.82, 2.24) is 14.5 Å². The topological polar surface area (TPSA) is 102 Å². The van der Waals surface area contributed by atoms with Crippen LogP contribution in [0, 0.1) is 0 Å². The van der Waals surface area contributed by atoms with E-state index in [9.17, 15) is 19.5 Å². The standard InChI is InChI=1S/C26H31N3O5/c1-4-17-8-7-9-18(12-17)26(10-5-6-11-26)14-21-27-24(32)23(31)22-25(33)28(2)19(15-29(21)22)13-20(16-30)34-3/h7-9,12,19,31H,4-6,10-11,13-15H2,1-3H3/t19-/m0/s1. The van der Waals surface area contributed by atoms with Crippen LogP contribution in [0.4, 0.5) is 0 Å². The molecule has 0 bridgehead atoms. The quantitative estimate of drug-likeness (QED) is 0.498. The van der Waals surface area contributed by atoms with Crippen molar-refractivity contribution < 1.29 is 19.4 Å². The van der Waals surface area contributed by atoms with Gasteiger partial charge < -0.3 is 19.3 Å². The number of hydrogen-bond donors (Lipinski definition) is 1. The first-order valence-electron chi connectivity index (χ1n) is 11.8. The molecule has 8 nitrogen and oxygen atoms in total. The lowest BCUT2D eigenvalue weighted by Gasteiger charge is -2.37. The van der Waals surface area contributed by atoms with Crippen molar-refractivity contribution in [3.63, 3.8) is 0 Å². The van der Waals surface area contributed by atoms with Gasteiger partial charge >= 0.3 is 5.56 Å². The summed E-state index contributed by atoms with van der Waals surface area (Å²) in [5.74, 6) is 1.25. The number of carbonyl (C=O) groups is 1. The highest BCUT2D eigenvalue weighted by molar-refractivity contribution is 5.95. The summed E-state index contributed by atoms with van der Waals surface area (Å²) in [7, 11) is 2.98. The molecule has 1 saturated carbocycles. The third-order valence-corrected chi connectivity index (χ3v) is 7.49. The summed E-state index contributed by atoms with van der Waals surface area (Å²) >= 11 is 0. The number of fused-ring (bicyclic) bond motifs is 1. The van der Waals surface area contributed by atoms with Crippen LogP contribution in [0.3, 0.4) is 0 Å². The van der Waals surface area contributed by atoms with Gasteiger partial charge in [0.15, 0.2) is 17.4 Å². The van der Waals surface area contributed by atoms with Gasteiger partial charge in [0.25, 0.3) is 5.91 Å². The van der Waals surface area contributed by atoms with Crippen LogP contribution in [0.5, 0.6) is 5.75 Å². The van der Waals surface area contributed by atoms with Crippen molar-refractivity contribution in [3.05, 3.63) is 63.0 Å². The molecule has 2 heterocycles. The van der Waals surface area contributed by atoms with Crippen molar-refractivity contribution in [1.29, 1.82) is 0 Å². The Morgan fingerprint density at radius 1 is 1.29 bits per heavy atom. The highest BCUT2D eigenvalue weighted by atomic mass is 16.5. The molecule has 2 aromatic rings. The Morgan fingerprint density at radius 3 is 2.68 bits per heavy atom. The average molecular weight is 466 g/mol. The summed E-state index contributed by atoms with van der Waals surface area (Å²) in [5, 5.41) is 10.5. The minimum Gasteiger partial charge on any atom is -0.501 e. The molecular formula is C26H31N3O5. The molecule has 1 atom stereocenters. The second-order valence-electron chi connectivity index (χ2n) is 9.36. The van der Waals surface area contributed by atoms with Gasteiger partial charge in [-0.15, -0.1) is 0 Å². The summed E-state index contributed by atoms with van der Waals surface area (Å²) in [5.41, 5.74) is 1.46. The molecule has 0 radical (unpaired) electrons. The van der Waals surface area contributed by atoms with Crippen molar-refractivity contribution in [2.24, 2.45) is 0 Å². The number of aromatic nitrogens is 2. The van der Waals surface area contributed by atoms with E-state index in [2.05, 4.69) is 36.2 Å². The Hall–Kier alpha value is -3.38. The van der Waals surface area contributed by atoms with Gasteiger partial charge in [-0.05, 0) is 30.4 Å². The lowest BCUT2D eigenvalue weighted by Crippen LogP contribution is -2.48. The van der Waals surface area contributed by atoms with Crippen molar-refractivity contribution in [2.45, 2.75) is 69.9 Å². The molecule has 180 valence electrons. The minimum atomic E-state index is -0.790. The summed E-state index contributed by atoms with van der Waals surface area (Å²) in [4.78, 5) is 42.7. The molecule has 1 aliphatic carbocycles. The Morgan fingerprint density at radius 2 is 2.03 bits per heavy atom. The Balaban J connectivity index is 1.80. The van der Waals surface area contributed by atoms with E-state index in [1.165, 1.54) is 23.1 Å². The smallest absolute Gasteiger partial charge is 0.315 e. The van der Waals surface area contributed by atoms with E-state index in [1.54, 1.807) is 17.6 Å². The first-order chi connectivity index (χ1) is 16.3. The number of carbonyl (C=O) groups excluding carboxylic acids is 2. The molecule has 34 heavy (non-hydrogen) atoms. The van der Waals surface area contributed by atoms with Crippen LogP contribution in [0.15, 0.2) is 34.8 Å². The van der Waals surface area contributed by atoms with Crippen LogP contribution < -0.4 is 5.56 Å². The van der Waals surface area contributed by atoms with E-state index in [1.807, 2.05) is 0 Å². The fourth-order valence-electron chi connectivity index (χ4n) is 5.43. The monoisotopic (exact) mass is 465 g/mol. The second kappa shape index (κ2) is 9.47. The molecule has 4 rings (SSSR count). The third kappa shape index (κ3) is 4.14. The fourth-order valence-corrected chi connectivity index (χ4v) is 5.43. The van der Waals surface area contributed by atoms with Crippen LogP contribution >= 0.6 is 0 Å². The fraction of sp³-hybridized carbons (Fsp3) is 0.500. The molecule has 8 heteroatoms. The minimum absolute atomic E-state index is 0.0433. The number of likely N-dealkylation sites (N-methyl/N-ethyl adjacent to an activating group) is 1. The van der Waals surface area contributed by atoms with Gasteiger partial charge in [0.1, 0.15) is 5.82 Å². The number of hydrogen-bond acceptors (Lipinski definition) is 6. The van der Waals surface area contributed by atoms with E-state index >= 15 is 0 Å². The van der Waals surface area contributed by atoms with Gasteiger partial charge in [-0.3, -0.25) is 9.59 Å².